The van der Waals surface area contributed by atoms with E-state index in [-0.39, 0.29) is 0 Å². The summed E-state index contributed by atoms with van der Waals surface area (Å²) in [5.41, 5.74) is 3.56. The second-order valence-corrected chi connectivity index (χ2v) is 5.23. The Labute approximate surface area is 118 Å². The molecule has 2 aromatic rings. The second-order valence-electron chi connectivity index (χ2n) is 4.80. The summed E-state index contributed by atoms with van der Waals surface area (Å²) < 4.78 is 0. The third-order valence-corrected chi connectivity index (χ3v) is 3.65. The van der Waals surface area contributed by atoms with Crippen LogP contribution < -0.4 is 0 Å². The van der Waals surface area contributed by atoms with Gasteiger partial charge in [0.05, 0.1) is 5.71 Å². The first kappa shape index (κ1) is 12.2. The number of hydrazone groups is 1. The third kappa shape index (κ3) is 2.49. The third-order valence-electron chi connectivity index (χ3n) is 3.40. The summed E-state index contributed by atoms with van der Waals surface area (Å²) in [6, 6.07) is 18.4. The molecule has 3 rings (SSSR count). The number of hydrogen-bond acceptors (Lipinski definition) is 2. The molecule has 0 aliphatic carbocycles. The van der Waals surface area contributed by atoms with Crippen molar-refractivity contribution in [3.05, 3.63) is 70.7 Å². The highest BCUT2D eigenvalue weighted by Crippen LogP contribution is 2.28. The van der Waals surface area contributed by atoms with Crippen LogP contribution in [0, 0.1) is 0 Å². The molecule has 0 fully saturated rings. The molecule has 1 heterocycles. The largest absolute Gasteiger partial charge is 0.299 e. The molecule has 1 aliphatic rings. The van der Waals surface area contributed by atoms with Crippen molar-refractivity contribution >= 4 is 17.3 Å². The molecule has 0 saturated heterocycles. The van der Waals surface area contributed by atoms with Gasteiger partial charge in [-0.3, -0.25) is 5.01 Å². The van der Waals surface area contributed by atoms with Gasteiger partial charge in [0, 0.05) is 24.5 Å². The molecule has 2 aromatic carbocycles. The fourth-order valence-electron chi connectivity index (χ4n) is 2.47. The zero-order valence-corrected chi connectivity index (χ0v) is 11.5. The van der Waals surface area contributed by atoms with Crippen LogP contribution in [0.15, 0.2) is 59.7 Å². The van der Waals surface area contributed by atoms with Gasteiger partial charge < -0.3 is 0 Å². The topological polar surface area (TPSA) is 15.6 Å². The minimum atomic E-state index is 0.326. The highest BCUT2D eigenvalue weighted by atomic mass is 35.5. The van der Waals surface area contributed by atoms with Gasteiger partial charge in [-0.25, -0.2) is 0 Å². The molecule has 3 heteroatoms. The lowest BCUT2D eigenvalue weighted by atomic mass is 9.91. The van der Waals surface area contributed by atoms with Crippen molar-refractivity contribution in [3.63, 3.8) is 0 Å². The van der Waals surface area contributed by atoms with Gasteiger partial charge in [0.1, 0.15) is 0 Å². The Hall–Kier alpha value is -1.80. The van der Waals surface area contributed by atoms with Gasteiger partial charge >= 0.3 is 0 Å². The van der Waals surface area contributed by atoms with Crippen LogP contribution in [0.5, 0.6) is 0 Å². The normalized spacial score (nSPS) is 18.5. The molecule has 1 atom stereocenters. The van der Waals surface area contributed by atoms with Crippen LogP contribution in [0.25, 0.3) is 0 Å². The van der Waals surface area contributed by atoms with E-state index in [2.05, 4.69) is 29.4 Å². The molecular formula is C16H15ClN2. The van der Waals surface area contributed by atoms with Gasteiger partial charge in [-0.05, 0) is 23.3 Å². The molecule has 19 heavy (non-hydrogen) atoms. The van der Waals surface area contributed by atoms with Crippen LogP contribution in [0.3, 0.4) is 0 Å². The van der Waals surface area contributed by atoms with Crippen molar-refractivity contribution in [1.29, 1.82) is 0 Å². The van der Waals surface area contributed by atoms with Crippen LogP contribution >= 0.6 is 11.6 Å². The predicted octanol–water partition coefficient (Wildman–Crippen LogP) is 3.77. The lowest BCUT2D eigenvalue weighted by molar-refractivity contribution is 0.381. The Bertz CT molecular complexity index is 590. The molecule has 1 aliphatic heterocycles. The first-order valence-electron chi connectivity index (χ1n) is 6.34. The highest BCUT2D eigenvalue weighted by Gasteiger charge is 2.27. The van der Waals surface area contributed by atoms with E-state index >= 15 is 0 Å². The van der Waals surface area contributed by atoms with Crippen molar-refractivity contribution in [3.8, 4) is 0 Å². The Morgan fingerprint density at radius 1 is 1.05 bits per heavy atom. The predicted molar refractivity (Wildman–Crippen MR) is 79.8 cm³/mol. The smallest absolute Gasteiger partial charge is 0.0770 e. The summed E-state index contributed by atoms with van der Waals surface area (Å²) in [4.78, 5) is 0. The zero-order chi connectivity index (χ0) is 13.2. The van der Waals surface area contributed by atoms with Crippen LogP contribution in [-0.4, -0.2) is 24.3 Å². The number of rotatable bonds is 2. The summed E-state index contributed by atoms with van der Waals surface area (Å²) in [5.74, 6) is 0.326. The van der Waals surface area contributed by atoms with Crippen LogP contribution in [-0.2, 0) is 0 Å². The molecule has 0 aromatic heterocycles. The van der Waals surface area contributed by atoms with E-state index in [4.69, 9.17) is 11.6 Å². The Kier molecular flexibility index (Phi) is 3.26. The quantitative estimate of drug-likeness (QED) is 0.811. The average molecular weight is 271 g/mol. The molecule has 96 valence electrons. The molecule has 0 radical (unpaired) electrons. The first-order valence-corrected chi connectivity index (χ1v) is 6.72. The van der Waals surface area contributed by atoms with E-state index in [0.717, 1.165) is 22.8 Å². The molecule has 2 nitrogen and oxygen atoms in total. The molecule has 0 N–H and O–H groups in total. The van der Waals surface area contributed by atoms with Crippen LogP contribution in [0.4, 0.5) is 0 Å². The Morgan fingerprint density at radius 3 is 2.42 bits per heavy atom. The van der Waals surface area contributed by atoms with Crippen molar-refractivity contribution in [1.82, 2.24) is 5.01 Å². The van der Waals surface area contributed by atoms with E-state index in [9.17, 15) is 0 Å². The molecule has 0 amide bonds. The maximum absolute atomic E-state index is 5.95. The lowest BCUT2D eigenvalue weighted by Crippen LogP contribution is -2.15. The van der Waals surface area contributed by atoms with Crippen molar-refractivity contribution in [2.24, 2.45) is 5.10 Å². The van der Waals surface area contributed by atoms with Gasteiger partial charge in [-0.2, -0.15) is 5.10 Å². The molecule has 0 bridgehead atoms. The fraction of sp³-hybridized carbons (Fsp3) is 0.188. The zero-order valence-electron chi connectivity index (χ0n) is 10.8. The van der Waals surface area contributed by atoms with E-state index in [1.165, 1.54) is 5.56 Å². The minimum Gasteiger partial charge on any atom is -0.299 e. The Balaban J connectivity index is 1.98. The summed E-state index contributed by atoms with van der Waals surface area (Å²) in [6.45, 7) is 0.919. The number of nitrogens with zero attached hydrogens (tertiary/aromatic N) is 2. The first-order chi connectivity index (χ1) is 9.24. The number of hydrogen-bond donors (Lipinski definition) is 0. The summed E-state index contributed by atoms with van der Waals surface area (Å²) in [7, 11) is 2.01. The van der Waals surface area contributed by atoms with Crippen LogP contribution in [0.2, 0.25) is 5.02 Å². The van der Waals surface area contributed by atoms with Gasteiger partial charge in [0.25, 0.3) is 0 Å². The van der Waals surface area contributed by atoms with E-state index < -0.39 is 0 Å². The summed E-state index contributed by atoms with van der Waals surface area (Å²) in [6.07, 6.45) is 0. The Morgan fingerprint density at radius 2 is 1.74 bits per heavy atom. The van der Waals surface area contributed by atoms with Gasteiger partial charge in [-0.1, -0.05) is 54.1 Å². The SMILES string of the molecule is CN1C[C@@H](c2ccccc2)C(c2ccc(Cl)cc2)=N1. The van der Waals surface area contributed by atoms with Crippen molar-refractivity contribution in [2.75, 3.05) is 13.6 Å². The standard InChI is InChI=1S/C16H15ClN2/c1-19-11-15(12-5-3-2-4-6-12)16(18-19)13-7-9-14(17)10-8-13/h2-10,15H,11H2,1H3/t15-/m0/s1. The average Bonchev–Trinajstić information content (AvgIpc) is 2.83. The maximum Gasteiger partial charge on any atom is 0.0770 e. The molecule has 0 saturated carbocycles. The number of likely N-dealkylation sites (N-methyl/N-ethyl adjacent to an activating group) is 1. The molecular weight excluding hydrogens is 256 g/mol. The summed E-state index contributed by atoms with van der Waals surface area (Å²) in [5, 5.41) is 7.41. The molecule has 0 unspecified atom stereocenters. The van der Waals surface area contributed by atoms with Gasteiger partial charge in [0.15, 0.2) is 0 Å². The lowest BCUT2D eigenvalue weighted by Gasteiger charge is -2.13. The van der Waals surface area contributed by atoms with E-state index in [1.807, 2.05) is 42.4 Å². The maximum atomic E-state index is 5.95. The fourth-order valence-corrected chi connectivity index (χ4v) is 2.60. The van der Waals surface area contributed by atoms with Crippen LogP contribution in [0.1, 0.15) is 17.0 Å². The van der Waals surface area contributed by atoms with Gasteiger partial charge in [-0.15, -0.1) is 0 Å². The van der Waals surface area contributed by atoms with E-state index in [0.29, 0.717) is 5.92 Å². The van der Waals surface area contributed by atoms with Gasteiger partial charge in [0.2, 0.25) is 0 Å². The summed E-state index contributed by atoms with van der Waals surface area (Å²) >= 11 is 5.95. The highest BCUT2D eigenvalue weighted by molar-refractivity contribution is 6.30. The number of benzene rings is 2. The number of halogens is 1. The van der Waals surface area contributed by atoms with Crippen molar-refractivity contribution in [2.45, 2.75) is 5.92 Å². The van der Waals surface area contributed by atoms with Crippen molar-refractivity contribution < 1.29 is 0 Å². The van der Waals surface area contributed by atoms with E-state index in [1.54, 1.807) is 0 Å². The monoisotopic (exact) mass is 270 g/mol. The molecule has 0 spiro atoms. The second kappa shape index (κ2) is 5.06. The minimum absolute atomic E-state index is 0.326.